The van der Waals surface area contributed by atoms with E-state index in [4.69, 9.17) is 0 Å². The van der Waals surface area contributed by atoms with E-state index >= 15 is 0 Å². The smallest absolute Gasteiger partial charge is 0.243 e. The van der Waals surface area contributed by atoms with Gasteiger partial charge in [0, 0.05) is 11.3 Å². The summed E-state index contributed by atoms with van der Waals surface area (Å²) >= 11 is 0. The van der Waals surface area contributed by atoms with E-state index in [0.29, 0.717) is 11.3 Å². The summed E-state index contributed by atoms with van der Waals surface area (Å²) in [5, 5.41) is 5.81. The van der Waals surface area contributed by atoms with Gasteiger partial charge in [0.2, 0.25) is 5.91 Å². The molecule has 4 heteroatoms. The lowest BCUT2D eigenvalue weighted by Crippen LogP contribution is -2.22. The molecule has 0 saturated heterocycles. The van der Waals surface area contributed by atoms with E-state index in [1.807, 2.05) is 31.2 Å². The van der Waals surface area contributed by atoms with Crippen LogP contribution in [0.2, 0.25) is 0 Å². The predicted octanol–water partition coefficient (Wildman–Crippen LogP) is 3.25. The Morgan fingerprint density at radius 3 is 2.52 bits per heavy atom. The fourth-order valence-corrected chi connectivity index (χ4v) is 2.03. The van der Waals surface area contributed by atoms with Gasteiger partial charge in [0.25, 0.3) is 0 Å². The van der Waals surface area contributed by atoms with Gasteiger partial charge in [-0.25, -0.2) is 0 Å². The van der Waals surface area contributed by atoms with E-state index in [0.717, 1.165) is 11.3 Å². The number of aryl methyl sites for hydroxylation is 1. The van der Waals surface area contributed by atoms with E-state index in [-0.39, 0.29) is 18.2 Å². The van der Waals surface area contributed by atoms with Crippen LogP contribution in [0.3, 0.4) is 0 Å². The van der Waals surface area contributed by atoms with Gasteiger partial charge < -0.3 is 10.6 Å². The van der Waals surface area contributed by atoms with Crippen molar-refractivity contribution >= 4 is 23.1 Å². The largest absolute Gasteiger partial charge is 0.376 e. The molecular formula is C17H18N2O2. The van der Waals surface area contributed by atoms with Gasteiger partial charge in [0.15, 0.2) is 5.78 Å². The number of anilines is 2. The summed E-state index contributed by atoms with van der Waals surface area (Å²) in [5.41, 5.74) is 3.08. The number of para-hydroxylation sites is 1. The third-order valence-corrected chi connectivity index (χ3v) is 3.05. The maximum Gasteiger partial charge on any atom is 0.243 e. The first-order chi connectivity index (χ1) is 10.1. The summed E-state index contributed by atoms with van der Waals surface area (Å²) in [6.45, 7) is 3.63. The molecule has 0 heterocycles. The van der Waals surface area contributed by atoms with Crippen LogP contribution in [0.1, 0.15) is 22.8 Å². The van der Waals surface area contributed by atoms with Crippen molar-refractivity contribution in [3.05, 3.63) is 59.7 Å². The van der Waals surface area contributed by atoms with Crippen LogP contribution >= 0.6 is 0 Å². The summed E-state index contributed by atoms with van der Waals surface area (Å²) in [7, 11) is 0. The van der Waals surface area contributed by atoms with Crippen molar-refractivity contribution in [2.45, 2.75) is 13.8 Å². The van der Waals surface area contributed by atoms with Crippen LogP contribution in [-0.4, -0.2) is 18.2 Å². The molecule has 1 amide bonds. The minimum Gasteiger partial charge on any atom is -0.376 e. The Balaban J connectivity index is 1.98. The number of benzene rings is 2. The number of hydrogen-bond acceptors (Lipinski definition) is 3. The predicted molar refractivity (Wildman–Crippen MR) is 84.7 cm³/mol. The Hall–Kier alpha value is -2.62. The van der Waals surface area contributed by atoms with E-state index < -0.39 is 0 Å². The van der Waals surface area contributed by atoms with Crippen molar-refractivity contribution in [1.29, 1.82) is 0 Å². The SMILES string of the molecule is CC(=O)c1ccccc1NC(=O)CNc1cccc(C)c1. The third kappa shape index (κ3) is 4.18. The molecule has 0 bridgehead atoms. The number of Topliss-reactive ketones (excluding diaryl/α,β-unsaturated/α-hetero) is 1. The molecule has 0 aliphatic rings. The average Bonchev–Trinajstić information content (AvgIpc) is 2.45. The van der Waals surface area contributed by atoms with Gasteiger partial charge in [0.1, 0.15) is 0 Å². The Labute approximate surface area is 124 Å². The fourth-order valence-electron chi connectivity index (χ4n) is 2.03. The molecule has 0 radical (unpaired) electrons. The highest BCUT2D eigenvalue weighted by atomic mass is 16.2. The number of hydrogen-bond donors (Lipinski definition) is 2. The third-order valence-electron chi connectivity index (χ3n) is 3.05. The maximum absolute atomic E-state index is 12.0. The Bertz CT molecular complexity index is 665. The molecule has 0 fully saturated rings. The molecule has 2 rings (SSSR count). The van der Waals surface area contributed by atoms with Crippen LogP contribution in [-0.2, 0) is 4.79 Å². The molecule has 0 spiro atoms. The zero-order chi connectivity index (χ0) is 15.2. The number of nitrogens with one attached hydrogen (secondary N) is 2. The second-order valence-corrected chi connectivity index (χ2v) is 4.87. The van der Waals surface area contributed by atoms with E-state index in [1.165, 1.54) is 6.92 Å². The minimum atomic E-state index is -0.190. The van der Waals surface area contributed by atoms with Crippen LogP contribution in [0.4, 0.5) is 11.4 Å². The lowest BCUT2D eigenvalue weighted by molar-refractivity contribution is -0.114. The highest BCUT2D eigenvalue weighted by Gasteiger charge is 2.09. The second kappa shape index (κ2) is 6.70. The number of rotatable bonds is 5. The fraction of sp³-hybridized carbons (Fsp3) is 0.176. The topological polar surface area (TPSA) is 58.2 Å². The molecule has 0 aromatic heterocycles. The normalized spacial score (nSPS) is 10.0. The Morgan fingerprint density at radius 1 is 1.05 bits per heavy atom. The zero-order valence-electron chi connectivity index (χ0n) is 12.1. The molecule has 108 valence electrons. The number of ketones is 1. The molecule has 2 aromatic carbocycles. The highest BCUT2D eigenvalue weighted by Crippen LogP contribution is 2.15. The minimum absolute atomic E-state index is 0.0717. The van der Waals surface area contributed by atoms with Crippen LogP contribution < -0.4 is 10.6 Å². The van der Waals surface area contributed by atoms with Gasteiger partial charge in [0.05, 0.1) is 12.2 Å². The monoisotopic (exact) mass is 282 g/mol. The molecule has 0 saturated carbocycles. The summed E-state index contributed by atoms with van der Waals surface area (Å²) in [6.07, 6.45) is 0. The molecule has 4 nitrogen and oxygen atoms in total. The summed E-state index contributed by atoms with van der Waals surface area (Å²) in [4.78, 5) is 23.5. The van der Waals surface area contributed by atoms with E-state index in [9.17, 15) is 9.59 Å². The van der Waals surface area contributed by atoms with Crippen molar-refractivity contribution in [2.75, 3.05) is 17.2 Å². The Morgan fingerprint density at radius 2 is 1.81 bits per heavy atom. The van der Waals surface area contributed by atoms with Crippen LogP contribution in [0.5, 0.6) is 0 Å². The summed E-state index contributed by atoms with van der Waals surface area (Å²) in [5.74, 6) is -0.261. The number of amides is 1. The first-order valence-corrected chi connectivity index (χ1v) is 6.76. The van der Waals surface area contributed by atoms with E-state index in [2.05, 4.69) is 10.6 Å². The lowest BCUT2D eigenvalue weighted by Gasteiger charge is -2.10. The Kier molecular flexibility index (Phi) is 4.72. The van der Waals surface area contributed by atoms with Crippen LogP contribution in [0.15, 0.2) is 48.5 Å². The average molecular weight is 282 g/mol. The van der Waals surface area contributed by atoms with Crippen molar-refractivity contribution in [2.24, 2.45) is 0 Å². The van der Waals surface area contributed by atoms with Gasteiger partial charge in [-0.1, -0.05) is 24.3 Å². The van der Waals surface area contributed by atoms with Gasteiger partial charge in [-0.15, -0.1) is 0 Å². The van der Waals surface area contributed by atoms with Crippen molar-refractivity contribution in [1.82, 2.24) is 0 Å². The number of carbonyl (C=O) groups excluding carboxylic acids is 2. The molecule has 0 atom stereocenters. The highest BCUT2D eigenvalue weighted by molar-refractivity contribution is 6.04. The number of carbonyl (C=O) groups is 2. The molecule has 0 unspecified atom stereocenters. The van der Waals surface area contributed by atoms with Crippen LogP contribution in [0, 0.1) is 6.92 Å². The van der Waals surface area contributed by atoms with Crippen LogP contribution in [0.25, 0.3) is 0 Å². The summed E-state index contributed by atoms with van der Waals surface area (Å²) in [6, 6.07) is 14.8. The quantitative estimate of drug-likeness (QED) is 0.828. The lowest BCUT2D eigenvalue weighted by atomic mass is 10.1. The first-order valence-electron chi connectivity index (χ1n) is 6.76. The standard InChI is InChI=1S/C17H18N2O2/c1-12-6-5-7-14(10-12)18-11-17(21)19-16-9-4-3-8-15(16)13(2)20/h3-10,18H,11H2,1-2H3,(H,19,21). The van der Waals surface area contributed by atoms with Crippen molar-refractivity contribution < 1.29 is 9.59 Å². The van der Waals surface area contributed by atoms with Gasteiger partial charge in [-0.05, 0) is 43.7 Å². The van der Waals surface area contributed by atoms with Gasteiger partial charge >= 0.3 is 0 Å². The molecular weight excluding hydrogens is 264 g/mol. The molecule has 2 aromatic rings. The van der Waals surface area contributed by atoms with Gasteiger partial charge in [-0.3, -0.25) is 9.59 Å². The van der Waals surface area contributed by atoms with Crippen molar-refractivity contribution in [3.8, 4) is 0 Å². The molecule has 0 aliphatic heterocycles. The molecule has 2 N–H and O–H groups in total. The maximum atomic E-state index is 12.0. The molecule has 0 aliphatic carbocycles. The summed E-state index contributed by atoms with van der Waals surface area (Å²) < 4.78 is 0. The first kappa shape index (κ1) is 14.8. The van der Waals surface area contributed by atoms with E-state index in [1.54, 1.807) is 24.3 Å². The van der Waals surface area contributed by atoms with Gasteiger partial charge in [-0.2, -0.15) is 0 Å². The second-order valence-electron chi connectivity index (χ2n) is 4.87. The molecule has 21 heavy (non-hydrogen) atoms. The zero-order valence-corrected chi connectivity index (χ0v) is 12.1. The van der Waals surface area contributed by atoms with Crippen molar-refractivity contribution in [3.63, 3.8) is 0 Å².